The molecule has 3 aromatic rings. The topological polar surface area (TPSA) is 96.0 Å². The molecular weight excluding hydrogens is 366 g/mol. The number of halogens is 1. The molecule has 136 valence electrons. The van der Waals surface area contributed by atoms with Gasteiger partial charge in [0, 0.05) is 29.0 Å². The van der Waals surface area contributed by atoms with Crippen LogP contribution in [0, 0.1) is 0 Å². The maximum atomic E-state index is 12.3. The molecule has 1 heterocycles. The second-order valence-electron chi connectivity index (χ2n) is 5.63. The first kappa shape index (κ1) is 18.3. The summed E-state index contributed by atoms with van der Waals surface area (Å²) < 4.78 is 0. The van der Waals surface area contributed by atoms with Crippen LogP contribution in [0.4, 0.5) is 22.9 Å². The maximum Gasteiger partial charge on any atom is 0.275 e. The Labute approximate surface area is 160 Å². The number of carbonyl (C=O) groups is 2. The average Bonchev–Trinajstić information content (AvgIpc) is 2.63. The molecule has 0 aliphatic heterocycles. The lowest BCUT2D eigenvalue weighted by Crippen LogP contribution is -2.14. The summed E-state index contributed by atoms with van der Waals surface area (Å²) in [5.41, 5.74) is 2.18. The second-order valence-corrected chi connectivity index (χ2v) is 6.07. The highest BCUT2D eigenvalue weighted by atomic mass is 35.5. The van der Waals surface area contributed by atoms with E-state index in [0.717, 1.165) is 5.69 Å². The molecule has 1 aromatic heterocycles. The molecule has 7 nitrogen and oxygen atoms in total. The van der Waals surface area contributed by atoms with E-state index in [1.54, 1.807) is 36.4 Å². The summed E-state index contributed by atoms with van der Waals surface area (Å²) in [7, 11) is 0. The van der Waals surface area contributed by atoms with Gasteiger partial charge in [0.2, 0.25) is 5.91 Å². The monoisotopic (exact) mass is 381 g/mol. The predicted octanol–water partition coefficient (Wildman–Crippen LogP) is 4.08. The van der Waals surface area contributed by atoms with Gasteiger partial charge < -0.3 is 16.0 Å². The molecule has 27 heavy (non-hydrogen) atoms. The fourth-order valence-electron chi connectivity index (χ4n) is 2.26. The van der Waals surface area contributed by atoms with Crippen molar-refractivity contribution in [2.24, 2.45) is 0 Å². The Morgan fingerprint density at radius 3 is 2.19 bits per heavy atom. The fourth-order valence-corrected chi connectivity index (χ4v) is 2.45. The second kappa shape index (κ2) is 8.29. The van der Waals surface area contributed by atoms with Crippen LogP contribution in [0.2, 0.25) is 5.02 Å². The molecule has 2 amide bonds. The zero-order valence-electron chi connectivity index (χ0n) is 14.4. The van der Waals surface area contributed by atoms with Crippen molar-refractivity contribution in [2.75, 3.05) is 16.0 Å². The van der Waals surface area contributed by atoms with E-state index < -0.39 is 0 Å². The van der Waals surface area contributed by atoms with E-state index in [2.05, 4.69) is 25.9 Å². The van der Waals surface area contributed by atoms with Crippen LogP contribution < -0.4 is 16.0 Å². The molecule has 0 saturated carbocycles. The number of carbonyl (C=O) groups excluding carboxylic acids is 2. The van der Waals surface area contributed by atoms with Gasteiger partial charge in [0.1, 0.15) is 11.5 Å². The minimum Gasteiger partial charge on any atom is -0.339 e. The van der Waals surface area contributed by atoms with Crippen molar-refractivity contribution in [2.45, 2.75) is 6.92 Å². The number of anilines is 4. The van der Waals surface area contributed by atoms with E-state index in [-0.39, 0.29) is 17.5 Å². The van der Waals surface area contributed by atoms with Gasteiger partial charge in [-0.1, -0.05) is 17.7 Å². The Morgan fingerprint density at radius 2 is 1.59 bits per heavy atom. The first-order valence-corrected chi connectivity index (χ1v) is 8.41. The van der Waals surface area contributed by atoms with Gasteiger partial charge in [0.15, 0.2) is 0 Å². The highest BCUT2D eigenvalue weighted by Gasteiger charge is 2.09. The normalized spacial score (nSPS) is 10.1. The maximum absolute atomic E-state index is 12.3. The summed E-state index contributed by atoms with van der Waals surface area (Å²) in [4.78, 5) is 31.6. The zero-order chi connectivity index (χ0) is 19.2. The number of hydrogen-bond acceptors (Lipinski definition) is 5. The minimum atomic E-state index is -0.385. The lowest BCUT2D eigenvalue weighted by Gasteiger charge is -2.08. The fraction of sp³-hybridized carbons (Fsp3) is 0.0526. The molecule has 0 aliphatic carbocycles. The molecule has 3 rings (SSSR count). The molecule has 3 N–H and O–H groups in total. The molecular formula is C19H16ClN5O2. The summed E-state index contributed by atoms with van der Waals surface area (Å²) in [6.45, 7) is 1.43. The van der Waals surface area contributed by atoms with Gasteiger partial charge in [-0.3, -0.25) is 9.59 Å². The third kappa shape index (κ3) is 5.26. The molecule has 0 fully saturated rings. The molecule has 0 atom stereocenters. The quantitative estimate of drug-likeness (QED) is 0.618. The number of rotatable bonds is 5. The van der Waals surface area contributed by atoms with Crippen LogP contribution in [0.25, 0.3) is 0 Å². The smallest absolute Gasteiger partial charge is 0.275 e. The first-order valence-electron chi connectivity index (χ1n) is 8.03. The molecule has 0 saturated heterocycles. The minimum absolute atomic E-state index is 0.159. The van der Waals surface area contributed by atoms with Gasteiger partial charge in [-0.15, -0.1) is 0 Å². The van der Waals surface area contributed by atoms with Gasteiger partial charge in [0.25, 0.3) is 5.91 Å². The Kier molecular flexibility index (Phi) is 5.63. The number of aromatic nitrogens is 2. The SMILES string of the molecule is CC(=O)Nc1ccc(NC(=O)c2cnc(Nc3cccc(Cl)c3)cn2)cc1. The van der Waals surface area contributed by atoms with E-state index >= 15 is 0 Å². The van der Waals surface area contributed by atoms with Gasteiger partial charge in [-0.2, -0.15) is 0 Å². The molecule has 2 aromatic carbocycles. The molecule has 0 radical (unpaired) electrons. The third-order valence-corrected chi connectivity index (χ3v) is 3.68. The standard InChI is InChI=1S/C19H16ClN5O2/c1-12(26)23-14-5-7-15(8-6-14)25-19(27)17-10-22-18(11-21-17)24-16-4-2-3-13(20)9-16/h2-11H,1H3,(H,22,24)(H,23,26)(H,25,27). The van der Waals surface area contributed by atoms with Crippen LogP contribution in [0.15, 0.2) is 60.9 Å². The highest BCUT2D eigenvalue weighted by Crippen LogP contribution is 2.18. The summed E-state index contributed by atoms with van der Waals surface area (Å²) in [6, 6.07) is 14.0. The van der Waals surface area contributed by atoms with E-state index in [1.165, 1.54) is 19.3 Å². The average molecular weight is 382 g/mol. The van der Waals surface area contributed by atoms with Crippen LogP contribution in [0.3, 0.4) is 0 Å². The Hall–Kier alpha value is -3.45. The van der Waals surface area contributed by atoms with Crippen molar-refractivity contribution in [1.29, 1.82) is 0 Å². The van der Waals surface area contributed by atoms with Crippen LogP contribution in [0.1, 0.15) is 17.4 Å². The number of nitrogens with one attached hydrogen (secondary N) is 3. The number of hydrogen-bond donors (Lipinski definition) is 3. The number of benzene rings is 2. The van der Waals surface area contributed by atoms with Crippen LogP contribution in [-0.2, 0) is 4.79 Å². The van der Waals surface area contributed by atoms with Gasteiger partial charge in [-0.05, 0) is 42.5 Å². The van der Waals surface area contributed by atoms with Gasteiger partial charge in [0.05, 0.1) is 12.4 Å². The zero-order valence-corrected chi connectivity index (χ0v) is 15.1. The van der Waals surface area contributed by atoms with E-state index in [4.69, 9.17) is 11.6 Å². The molecule has 0 aliphatic rings. The van der Waals surface area contributed by atoms with Crippen LogP contribution >= 0.6 is 11.6 Å². The van der Waals surface area contributed by atoms with Gasteiger partial charge >= 0.3 is 0 Å². The number of amides is 2. The summed E-state index contributed by atoms with van der Waals surface area (Å²) in [5, 5.41) is 9.04. The third-order valence-electron chi connectivity index (χ3n) is 3.44. The first-order chi connectivity index (χ1) is 13.0. The predicted molar refractivity (Wildman–Crippen MR) is 105 cm³/mol. The Bertz CT molecular complexity index is 959. The molecule has 0 bridgehead atoms. The molecule has 0 spiro atoms. The molecule has 0 unspecified atom stereocenters. The van der Waals surface area contributed by atoms with Gasteiger partial charge in [-0.25, -0.2) is 9.97 Å². The van der Waals surface area contributed by atoms with E-state index in [1.807, 2.05) is 12.1 Å². The van der Waals surface area contributed by atoms with Crippen molar-refractivity contribution in [3.8, 4) is 0 Å². The van der Waals surface area contributed by atoms with Crippen LogP contribution in [-0.4, -0.2) is 21.8 Å². The van der Waals surface area contributed by atoms with Crippen molar-refractivity contribution in [1.82, 2.24) is 9.97 Å². The molecule has 8 heteroatoms. The lowest BCUT2D eigenvalue weighted by molar-refractivity contribution is -0.114. The summed E-state index contributed by atoms with van der Waals surface area (Å²) in [5.74, 6) is -0.0499. The highest BCUT2D eigenvalue weighted by molar-refractivity contribution is 6.30. The largest absolute Gasteiger partial charge is 0.339 e. The van der Waals surface area contributed by atoms with Crippen molar-refractivity contribution in [3.63, 3.8) is 0 Å². The van der Waals surface area contributed by atoms with Crippen LogP contribution in [0.5, 0.6) is 0 Å². The summed E-state index contributed by atoms with van der Waals surface area (Å²) >= 11 is 5.94. The van der Waals surface area contributed by atoms with E-state index in [0.29, 0.717) is 22.2 Å². The van der Waals surface area contributed by atoms with Crippen molar-refractivity contribution < 1.29 is 9.59 Å². The lowest BCUT2D eigenvalue weighted by atomic mass is 10.2. The van der Waals surface area contributed by atoms with Crippen molar-refractivity contribution in [3.05, 3.63) is 71.6 Å². The number of nitrogens with zero attached hydrogens (tertiary/aromatic N) is 2. The Balaban J connectivity index is 1.62. The van der Waals surface area contributed by atoms with Crippen molar-refractivity contribution >= 4 is 46.3 Å². The van der Waals surface area contributed by atoms with E-state index in [9.17, 15) is 9.59 Å². The summed E-state index contributed by atoms with van der Waals surface area (Å²) in [6.07, 6.45) is 2.85. The Morgan fingerprint density at radius 1 is 0.889 bits per heavy atom.